The number of nitrogens with one attached hydrogen (secondary N) is 3. The number of alkyl carbamates (subject to hydrolysis) is 1. The molecule has 3 aromatic rings. The molecule has 2 aliphatic rings. The van der Waals surface area contributed by atoms with Crippen molar-refractivity contribution in [3.8, 4) is 11.1 Å². The van der Waals surface area contributed by atoms with Crippen molar-refractivity contribution in [2.24, 2.45) is 0 Å². The Kier molecular flexibility index (Phi) is 9.12. The lowest BCUT2D eigenvalue weighted by molar-refractivity contribution is -0.128. The molecule has 0 aromatic heterocycles. The monoisotopic (exact) mass is 622 g/mol. The first-order valence-corrected chi connectivity index (χ1v) is 14.8. The van der Waals surface area contributed by atoms with Crippen molar-refractivity contribution in [2.75, 3.05) is 20.3 Å². The molecule has 44 heavy (non-hydrogen) atoms. The number of hydrogen-bond donors (Lipinski definition) is 3. The molecule has 1 saturated heterocycles. The fraction of sp³-hybridized carbons (Fsp3) is 0.364. The van der Waals surface area contributed by atoms with Crippen LogP contribution >= 0.6 is 11.6 Å². The van der Waals surface area contributed by atoms with Gasteiger partial charge in [0.2, 0.25) is 5.91 Å². The van der Waals surface area contributed by atoms with Gasteiger partial charge in [0.15, 0.2) is 0 Å². The summed E-state index contributed by atoms with van der Waals surface area (Å²) < 4.78 is 25.9. The third-order valence-corrected chi connectivity index (χ3v) is 8.14. The number of rotatable bonds is 7. The van der Waals surface area contributed by atoms with Crippen molar-refractivity contribution >= 4 is 29.6 Å². The third kappa shape index (κ3) is 6.51. The fourth-order valence-corrected chi connectivity index (χ4v) is 6.10. The van der Waals surface area contributed by atoms with Crippen LogP contribution in [0.1, 0.15) is 43.4 Å². The highest BCUT2D eigenvalue weighted by atomic mass is 35.5. The lowest BCUT2D eigenvalue weighted by Gasteiger charge is -2.30. The Bertz CT molecular complexity index is 1520. The highest BCUT2D eigenvalue weighted by molar-refractivity contribution is 6.30. The standard InChI is InChI=1S/C33H36ClFN4O5/c1-33(2,3)38-31(41)39-17-26(29(43-4)28(39)30(40)36-16-19-10-9-15-25(34)27(19)35)37-32(42)44-18-24-22-13-7-5-11-20(22)21-12-6-8-14-23(21)24/h5-15,24,26,28-29H,16-18H2,1-4H3,(H,36,40)(H,37,42)(H,38,41)/t26-,28+,29+/m1/s1. The summed E-state index contributed by atoms with van der Waals surface area (Å²) in [6, 6.07) is 18.2. The molecule has 0 bridgehead atoms. The first kappa shape index (κ1) is 31.3. The van der Waals surface area contributed by atoms with E-state index in [0.717, 1.165) is 22.3 Å². The number of carbonyl (C=O) groups is 3. The number of carbonyl (C=O) groups excluding carboxylic acids is 3. The number of likely N-dealkylation sites (tertiary alicyclic amines) is 1. The topological polar surface area (TPSA) is 109 Å². The van der Waals surface area contributed by atoms with Crippen LogP contribution < -0.4 is 16.0 Å². The number of ether oxygens (including phenoxy) is 2. The highest BCUT2D eigenvalue weighted by Gasteiger charge is 2.49. The van der Waals surface area contributed by atoms with Crippen molar-refractivity contribution in [2.45, 2.75) is 57.0 Å². The molecule has 232 valence electrons. The molecule has 0 spiro atoms. The molecule has 3 N–H and O–H groups in total. The maximum atomic E-state index is 14.5. The summed E-state index contributed by atoms with van der Waals surface area (Å²) in [5.74, 6) is -1.34. The molecular formula is C33H36ClFN4O5. The Morgan fingerprint density at radius 1 is 0.977 bits per heavy atom. The Morgan fingerprint density at radius 3 is 2.23 bits per heavy atom. The molecular weight excluding hydrogens is 587 g/mol. The van der Waals surface area contributed by atoms with Crippen LogP contribution in [0.4, 0.5) is 14.0 Å². The second-order valence-electron chi connectivity index (χ2n) is 12.0. The molecule has 5 rings (SSSR count). The second kappa shape index (κ2) is 12.8. The minimum absolute atomic E-state index is 0.0196. The van der Waals surface area contributed by atoms with E-state index in [1.54, 1.807) is 6.07 Å². The molecule has 0 saturated carbocycles. The maximum absolute atomic E-state index is 14.5. The Morgan fingerprint density at radius 2 is 1.61 bits per heavy atom. The largest absolute Gasteiger partial charge is 0.449 e. The van der Waals surface area contributed by atoms with Crippen LogP contribution in [0.15, 0.2) is 66.7 Å². The molecule has 11 heteroatoms. The van der Waals surface area contributed by atoms with Crippen LogP contribution in [0, 0.1) is 5.82 Å². The number of nitrogens with zero attached hydrogens (tertiary/aromatic N) is 1. The van der Waals surface area contributed by atoms with Gasteiger partial charge in [-0.3, -0.25) is 4.79 Å². The van der Waals surface area contributed by atoms with Gasteiger partial charge in [-0.25, -0.2) is 14.0 Å². The van der Waals surface area contributed by atoms with Gasteiger partial charge in [-0.15, -0.1) is 0 Å². The average molecular weight is 623 g/mol. The summed E-state index contributed by atoms with van der Waals surface area (Å²) in [5, 5.41) is 8.30. The van der Waals surface area contributed by atoms with E-state index >= 15 is 0 Å². The smallest absolute Gasteiger partial charge is 0.407 e. The van der Waals surface area contributed by atoms with Crippen LogP contribution in [-0.4, -0.2) is 66.9 Å². The normalized spacial score (nSPS) is 19.2. The van der Waals surface area contributed by atoms with E-state index in [4.69, 9.17) is 21.1 Å². The van der Waals surface area contributed by atoms with Crippen molar-refractivity contribution in [1.29, 1.82) is 0 Å². The van der Waals surface area contributed by atoms with Crippen LogP contribution in [-0.2, 0) is 20.8 Å². The molecule has 1 heterocycles. The maximum Gasteiger partial charge on any atom is 0.407 e. The Hall–Kier alpha value is -4.15. The SMILES string of the molecule is CO[C@@H]1[C@@H](C(=O)NCc2cccc(Cl)c2F)N(C(=O)NC(C)(C)C)C[C@H]1NC(=O)OCC1c2ccccc2-c2ccccc21. The van der Waals surface area contributed by atoms with Gasteiger partial charge < -0.3 is 30.3 Å². The number of benzene rings is 3. The van der Waals surface area contributed by atoms with Crippen LogP contribution in [0.5, 0.6) is 0 Å². The van der Waals surface area contributed by atoms with Gasteiger partial charge in [0, 0.05) is 37.2 Å². The molecule has 0 radical (unpaired) electrons. The van der Waals surface area contributed by atoms with E-state index in [1.165, 1.54) is 24.1 Å². The number of urea groups is 1. The van der Waals surface area contributed by atoms with E-state index in [2.05, 4.69) is 28.1 Å². The first-order chi connectivity index (χ1) is 21.0. The van der Waals surface area contributed by atoms with Crippen LogP contribution in [0.2, 0.25) is 5.02 Å². The van der Waals surface area contributed by atoms with E-state index in [9.17, 15) is 18.8 Å². The minimum atomic E-state index is -1.12. The zero-order valence-electron chi connectivity index (χ0n) is 25.0. The quantitative estimate of drug-likeness (QED) is 0.335. The molecule has 1 fully saturated rings. The molecule has 4 amide bonds. The average Bonchev–Trinajstić information content (AvgIpc) is 3.51. The predicted octanol–water partition coefficient (Wildman–Crippen LogP) is 5.21. The van der Waals surface area contributed by atoms with Crippen LogP contribution in [0.3, 0.4) is 0 Å². The summed E-state index contributed by atoms with van der Waals surface area (Å²) in [7, 11) is 1.40. The molecule has 0 unspecified atom stereocenters. The van der Waals surface area contributed by atoms with E-state index < -0.39 is 47.6 Å². The number of methoxy groups -OCH3 is 1. The number of halogens is 2. The summed E-state index contributed by atoms with van der Waals surface area (Å²) in [6.45, 7) is 5.38. The lowest BCUT2D eigenvalue weighted by Crippen LogP contribution is -2.56. The lowest BCUT2D eigenvalue weighted by atomic mass is 9.98. The van der Waals surface area contributed by atoms with Crippen molar-refractivity contribution in [3.63, 3.8) is 0 Å². The Labute approximate surface area is 261 Å². The summed E-state index contributed by atoms with van der Waals surface area (Å²) in [6.07, 6.45) is -1.61. The van der Waals surface area contributed by atoms with Crippen LogP contribution in [0.25, 0.3) is 11.1 Å². The molecule has 3 aromatic carbocycles. The van der Waals surface area contributed by atoms with Gasteiger partial charge in [-0.05, 0) is 49.1 Å². The third-order valence-electron chi connectivity index (χ3n) is 7.85. The fourth-order valence-electron chi connectivity index (χ4n) is 5.90. The van der Waals surface area contributed by atoms with Gasteiger partial charge in [-0.2, -0.15) is 0 Å². The second-order valence-corrected chi connectivity index (χ2v) is 12.4. The van der Waals surface area contributed by atoms with Gasteiger partial charge in [-0.1, -0.05) is 72.3 Å². The number of hydrogen-bond acceptors (Lipinski definition) is 5. The van der Waals surface area contributed by atoms with E-state index in [-0.39, 0.29) is 36.2 Å². The van der Waals surface area contributed by atoms with Gasteiger partial charge in [0.05, 0.1) is 11.1 Å². The molecule has 3 atom stereocenters. The van der Waals surface area contributed by atoms with Gasteiger partial charge in [0.25, 0.3) is 0 Å². The summed E-state index contributed by atoms with van der Waals surface area (Å²) in [5.41, 5.74) is 3.98. The molecule has 1 aliphatic heterocycles. The number of amides is 4. The minimum Gasteiger partial charge on any atom is -0.449 e. The molecule has 9 nitrogen and oxygen atoms in total. The van der Waals surface area contributed by atoms with Crippen molar-refractivity contribution in [1.82, 2.24) is 20.9 Å². The zero-order valence-corrected chi connectivity index (χ0v) is 25.8. The summed E-state index contributed by atoms with van der Waals surface area (Å²) >= 11 is 5.89. The van der Waals surface area contributed by atoms with E-state index in [1.807, 2.05) is 57.2 Å². The molecule has 1 aliphatic carbocycles. The van der Waals surface area contributed by atoms with E-state index in [0.29, 0.717) is 0 Å². The van der Waals surface area contributed by atoms with Crippen molar-refractivity contribution < 1.29 is 28.2 Å². The van der Waals surface area contributed by atoms with Gasteiger partial charge >= 0.3 is 12.1 Å². The Balaban J connectivity index is 1.30. The number of fused-ring (bicyclic) bond motifs is 3. The highest BCUT2D eigenvalue weighted by Crippen LogP contribution is 2.44. The summed E-state index contributed by atoms with van der Waals surface area (Å²) in [4.78, 5) is 41.3. The first-order valence-electron chi connectivity index (χ1n) is 14.4. The van der Waals surface area contributed by atoms with Crippen molar-refractivity contribution in [3.05, 3.63) is 94.3 Å². The predicted molar refractivity (Wildman–Crippen MR) is 165 cm³/mol. The zero-order chi connectivity index (χ0) is 31.6. The van der Waals surface area contributed by atoms with Gasteiger partial charge in [0.1, 0.15) is 24.6 Å².